The van der Waals surface area contributed by atoms with Gasteiger partial charge in [-0.2, -0.15) is 4.98 Å². The maximum Gasteiger partial charge on any atom is 0.229 e. The standard InChI is InChI=1S/C11H13N5O/c1-17-9-4-2-8(3-5-9)14-11-13-7-6-10(15-11)16-12/h2-7H,12H2,1H3,(H2,13,14,15,16). The molecular weight excluding hydrogens is 218 g/mol. The monoisotopic (exact) mass is 231 g/mol. The van der Waals surface area contributed by atoms with Crippen molar-refractivity contribution in [3.63, 3.8) is 0 Å². The van der Waals surface area contributed by atoms with Crippen molar-refractivity contribution < 1.29 is 4.74 Å². The van der Waals surface area contributed by atoms with Crippen LogP contribution in [0.1, 0.15) is 0 Å². The van der Waals surface area contributed by atoms with E-state index in [9.17, 15) is 0 Å². The van der Waals surface area contributed by atoms with Gasteiger partial charge in [0, 0.05) is 18.0 Å². The number of nitrogens with two attached hydrogens (primary N) is 1. The second kappa shape index (κ2) is 5.13. The predicted octanol–water partition coefficient (Wildman–Crippen LogP) is 1.51. The van der Waals surface area contributed by atoms with E-state index >= 15 is 0 Å². The smallest absolute Gasteiger partial charge is 0.229 e. The van der Waals surface area contributed by atoms with Crippen LogP contribution in [0, 0.1) is 0 Å². The van der Waals surface area contributed by atoms with Gasteiger partial charge in [-0.25, -0.2) is 10.8 Å². The summed E-state index contributed by atoms with van der Waals surface area (Å²) in [5.74, 6) is 7.09. The minimum absolute atomic E-state index is 0.477. The van der Waals surface area contributed by atoms with E-state index < -0.39 is 0 Å². The van der Waals surface area contributed by atoms with Crippen molar-refractivity contribution in [2.45, 2.75) is 0 Å². The van der Waals surface area contributed by atoms with Crippen LogP contribution >= 0.6 is 0 Å². The first-order valence-corrected chi connectivity index (χ1v) is 5.02. The van der Waals surface area contributed by atoms with Gasteiger partial charge in [-0.05, 0) is 24.3 Å². The minimum atomic E-state index is 0.477. The highest BCUT2D eigenvalue weighted by molar-refractivity contribution is 5.55. The third kappa shape index (κ3) is 2.82. The van der Waals surface area contributed by atoms with Crippen LogP contribution in [0.3, 0.4) is 0 Å². The molecule has 0 fully saturated rings. The molecule has 88 valence electrons. The molecule has 0 unspecified atom stereocenters. The van der Waals surface area contributed by atoms with E-state index in [1.54, 1.807) is 19.4 Å². The molecule has 0 amide bonds. The van der Waals surface area contributed by atoms with Crippen LogP contribution < -0.4 is 21.3 Å². The Labute approximate surface area is 98.8 Å². The van der Waals surface area contributed by atoms with Crippen molar-refractivity contribution in [1.82, 2.24) is 9.97 Å². The number of methoxy groups -OCH3 is 1. The van der Waals surface area contributed by atoms with Gasteiger partial charge in [0.1, 0.15) is 11.6 Å². The molecule has 0 radical (unpaired) electrons. The molecule has 1 aromatic heterocycles. The van der Waals surface area contributed by atoms with Crippen LogP contribution in [0.5, 0.6) is 5.75 Å². The fourth-order valence-corrected chi connectivity index (χ4v) is 1.30. The van der Waals surface area contributed by atoms with Crippen molar-refractivity contribution in [1.29, 1.82) is 0 Å². The van der Waals surface area contributed by atoms with E-state index in [2.05, 4.69) is 20.7 Å². The van der Waals surface area contributed by atoms with Gasteiger partial charge in [-0.3, -0.25) is 0 Å². The molecule has 0 saturated carbocycles. The highest BCUT2D eigenvalue weighted by Gasteiger charge is 1.99. The number of nitrogens with one attached hydrogen (secondary N) is 2. The summed E-state index contributed by atoms with van der Waals surface area (Å²) in [7, 11) is 1.63. The Morgan fingerprint density at radius 2 is 1.94 bits per heavy atom. The van der Waals surface area contributed by atoms with Gasteiger partial charge in [0.25, 0.3) is 0 Å². The summed E-state index contributed by atoms with van der Waals surface area (Å²) in [6.07, 6.45) is 1.62. The molecule has 2 aromatic rings. The van der Waals surface area contributed by atoms with E-state index in [4.69, 9.17) is 10.6 Å². The van der Waals surface area contributed by atoms with Gasteiger partial charge in [0.05, 0.1) is 7.11 Å². The van der Waals surface area contributed by atoms with Crippen molar-refractivity contribution in [2.75, 3.05) is 17.9 Å². The summed E-state index contributed by atoms with van der Waals surface area (Å²) in [4.78, 5) is 8.22. The predicted molar refractivity (Wildman–Crippen MR) is 66.1 cm³/mol. The van der Waals surface area contributed by atoms with Crippen LogP contribution in [0.4, 0.5) is 17.5 Å². The summed E-state index contributed by atoms with van der Waals surface area (Å²) in [6.45, 7) is 0. The Hall–Kier alpha value is -2.34. The molecule has 1 heterocycles. The molecule has 0 aliphatic carbocycles. The number of nitrogens with zero attached hydrogens (tertiary/aromatic N) is 2. The molecule has 4 N–H and O–H groups in total. The number of rotatable bonds is 4. The summed E-state index contributed by atoms with van der Waals surface area (Å²) >= 11 is 0. The average molecular weight is 231 g/mol. The van der Waals surface area contributed by atoms with Gasteiger partial charge in [0.2, 0.25) is 5.95 Å². The Morgan fingerprint density at radius 1 is 1.18 bits per heavy atom. The minimum Gasteiger partial charge on any atom is -0.497 e. The van der Waals surface area contributed by atoms with Gasteiger partial charge in [0.15, 0.2) is 0 Å². The lowest BCUT2D eigenvalue weighted by Gasteiger charge is -2.06. The van der Waals surface area contributed by atoms with Crippen LogP contribution in [-0.4, -0.2) is 17.1 Å². The Kier molecular flexibility index (Phi) is 3.37. The number of aromatic nitrogens is 2. The molecular formula is C11H13N5O. The maximum atomic E-state index is 5.27. The summed E-state index contributed by atoms with van der Waals surface area (Å²) in [5.41, 5.74) is 3.34. The summed E-state index contributed by atoms with van der Waals surface area (Å²) in [6, 6.07) is 9.15. The topological polar surface area (TPSA) is 85.1 Å². The van der Waals surface area contributed by atoms with Gasteiger partial charge < -0.3 is 15.5 Å². The molecule has 0 bridgehead atoms. The van der Waals surface area contributed by atoms with E-state index in [1.807, 2.05) is 24.3 Å². The quantitative estimate of drug-likeness (QED) is 0.546. The number of anilines is 3. The molecule has 0 spiro atoms. The summed E-state index contributed by atoms with van der Waals surface area (Å²) < 4.78 is 5.07. The van der Waals surface area contributed by atoms with Crippen LogP contribution in [-0.2, 0) is 0 Å². The molecule has 17 heavy (non-hydrogen) atoms. The maximum absolute atomic E-state index is 5.27. The first kappa shape index (κ1) is 11.2. The molecule has 1 aromatic carbocycles. The van der Waals surface area contributed by atoms with Crippen LogP contribution in [0.2, 0.25) is 0 Å². The van der Waals surface area contributed by atoms with Gasteiger partial charge in [-0.15, -0.1) is 0 Å². The average Bonchev–Trinajstić information content (AvgIpc) is 2.40. The SMILES string of the molecule is COc1ccc(Nc2nccc(NN)n2)cc1. The highest BCUT2D eigenvalue weighted by atomic mass is 16.5. The molecule has 0 atom stereocenters. The number of hydrazine groups is 1. The van der Waals surface area contributed by atoms with Crippen LogP contribution in [0.15, 0.2) is 36.5 Å². The lowest BCUT2D eigenvalue weighted by molar-refractivity contribution is 0.415. The zero-order valence-corrected chi connectivity index (χ0v) is 9.34. The number of ether oxygens (including phenoxy) is 1. The van der Waals surface area contributed by atoms with E-state index in [-0.39, 0.29) is 0 Å². The highest BCUT2D eigenvalue weighted by Crippen LogP contribution is 2.18. The first-order chi connectivity index (χ1) is 8.31. The van der Waals surface area contributed by atoms with Gasteiger partial charge in [-0.1, -0.05) is 0 Å². The van der Waals surface area contributed by atoms with E-state index in [0.717, 1.165) is 11.4 Å². The Bertz CT molecular complexity index is 485. The number of nitrogen functional groups attached to an aromatic ring is 1. The molecule has 2 rings (SSSR count). The lowest BCUT2D eigenvalue weighted by atomic mass is 10.3. The van der Waals surface area contributed by atoms with Gasteiger partial charge >= 0.3 is 0 Å². The van der Waals surface area contributed by atoms with E-state index in [0.29, 0.717) is 11.8 Å². The fourth-order valence-electron chi connectivity index (χ4n) is 1.30. The van der Waals surface area contributed by atoms with E-state index in [1.165, 1.54) is 0 Å². The zero-order chi connectivity index (χ0) is 12.1. The normalized spacial score (nSPS) is 9.76. The second-order valence-corrected chi connectivity index (χ2v) is 3.26. The van der Waals surface area contributed by atoms with Crippen LogP contribution in [0.25, 0.3) is 0 Å². The fraction of sp³-hybridized carbons (Fsp3) is 0.0909. The molecule has 0 saturated heterocycles. The van der Waals surface area contributed by atoms with Crippen molar-refractivity contribution in [3.8, 4) is 5.75 Å². The third-order valence-corrected chi connectivity index (χ3v) is 2.15. The van der Waals surface area contributed by atoms with Crippen molar-refractivity contribution in [3.05, 3.63) is 36.5 Å². The second-order valence-electron chi connectivity index (χ2n) is 3.26. The zero-order valence-electron chi connectivity index (χ0n) is 9.34. The molecule has 6 nitrogen and oxygen atoms in total. The van der Waals surface area contributed by atoms with Crippen molar-refractivity contribution >= 4 is 17.5 Å². The molecule has 0 aliphatic heterocycles. The number of hydrogen-bond donors (Lipinski definition) is 3. The first-order valence-electron chi connectivity index (χ1n) is 5.02. The largest absolute Gasteiger partial charge is 0.497 e. The molecule has 6 heteroatoms. The lowest BCUT2D eigenvalue weighted by Crippen LogP contribution is -2.09. The van der Waals surface area contributed by atoms with Crippen molar-refractivity contribution in [2.24, 2.45) is 5.84 Å². The number of hydrogen-bond acceptors (Lipinski definition) is 6. The Balaban J connectivity index is 2.13. The third-order valence-electron chi connectivity index (χ3n) is 2.15. The Morgan fingerprint density at radius 3 is 2.59 bits per heavy atom. The number of benzene rings is 1. The summed E-state index contributed by atoms with van der Waals surface area (Å²) in [5, 5.41) is 3.06. The molecule has 0 aliphatic rings.